The van der Waals surface area contributed by atoms with E-state index in [-0.39, 0.29) is 22.4 Å². The molecule has 10 heteroatoms. The summed E-state index contributed by atoms with van der Waals surface area (Å²) in [6, 6.07) is 13.2. The van der Waals surface area contributed by atoms with E-state index in [1.165, 1.54) is 12.5 Å². The Morgan fingerprint density at radius 1 is 0.978 bits per heavy atom. The molecule has 238 valence electrons. The van der Waals surface area contributed by atoms with Gasteiger partial charge < -0.3 is 34.2 Å². The molecule has 0 radical (unpaired) electrons. The summed E-state index contributed by atoms with van der Waals surface area (Å²) in [5.74, 6) is -0.344. The number of aromatic nitrogens is 1. The Hall–Kier alpha value is -4.41. The van der Waals surface area contributed by atoms with E-state index in [4.69, 9.17) is 9.15 Å². The Balaban J connectivity index is 1.22. The second kappa shape index (κ2) is 11.7. The second-order valence-electron chi connectivity index (χ2n) is 12.9. The molecule has 3 aromatic carbocycles. The summed E-state index contributed by atoms with van der Waals surface area (Å²) in [5.41, 5.74) is 2.05. The number of hydrogen-bond donors (Lipinski definition) is 2. The SMILES string of the molecule is CN1CCCC1CCNc1c(F)cc2c(=O)c(C(=O)NCCN3CCCCC3)cn3c2c1Oc1cc2c(cc1-3)oc1ccccc12. The molecule has 0 bridgehead atoms. The number of furan rings is 1. The van der Waals surface area contributed by atoms with Crippen molar-refractivity contribution in [1.29, 1.82) is 0 Å². The van der Waals surface area contributed by atoms with Crippen molar-refractivity contribution in [3.63, 3.8) is 0 Å². The van der Waals surface area contributed by atoms with Crippen LogP contribution in [0.3, 0.4) is 0 Å². The number of nitrogens with one attached hydrogen (secondary N) is 2. The monoisotopic (exact) mass is 623 g/mol. The quantitative estimate of drug-likeness (QED) is 0.207. The molecule has 46 heavy (non-hydrogen) atoms. The van der Waals surface area contributed by atoms with E-state index < -0.39 is 17.2 Å². The van der Waals surface area contributed by atoms with Crippen molar-refractivity contribution in [3.8, 4) is 17.2 Å². The van der Waals surface area contributed by atoms with Crippen LogP contribution in [0.4, 0.5) is 10.1 Å². The number of pyridine rings is 1. The maximum Gasteiger partial charge on any atom is 0.256 e. The number of ether oxygens (including phenoxy) is 1. The molecule has 5 heterocycles. The van der Waals surface area contributed by atoms with Gasteiger partial charge in [-0.25, -0.2) is 4.39 Å². The molecule has 3 aliphatic rings. The third-order valence-corrected chi connectivity index (χ3v) is 9.98. The number of carbonyl (C=O) groups is 1. The van der Waals surface area contributed by atoms with Crippen molar-refractivity contribution in [2.75, 3.05) is 51.6 Å². The molecule has 0 aliphatic carbocycles. The summed E-state index contributed by atoms with van der Waals surface area (Å²) in [5, 5.41) is 8.12. The van der Waals surface area contributed by atoms with Crippen LogP contribution in [0.2, 0.25) is 0 Å². The molecule has 3 aliphatic heterocycles. The first-order valence-electron chi connectivity index (χ1n) is 16.5. The molecule has 2 fully saturated rings. The lowest BCUT2D eigenvalue weighted by Crippen LogP contribution is -2.39. The maximum atomic E-state index is 16.0. The van der Waals surface area contributed by atoms with Gasteiger partial charge in [0, 0.05) is 48.7 Å². The lowest BCUT2D eigenvalue weighted by atomic mass is 10.0. The smallest absolute Gasteiger partial charge is 0.256 e. The Bertz CT molecular complexity index is 2050. The summed E-state index contributed by atoms with van der Waals surface area (Å²) < 4.78 is 30.4. The first-order chi connectivity index (χ1) is 22.5. The molecule has 5 aromatic rings. The van der Waals surface area contributed by atoms with E-state index in [0.717, 1.165) is 74.6 Å². The van der Waals surface area contributed by atoms with Crippen LogP contribution < -0.4 is 20.8 Å². The fraction of sp³-hybridized carbons (Fsp3) is 0.389. The number of hydrogen-bond acceptors (Lipinski definition) is 7. The second-order valence-corrected chi connectivity index (χ2v) is 12.9. The number of carbonyl (C=O) groups excluding carboxylic acids is 1. The Morgan fingerprint density at radius 3 is 2.65 bits per heavy atom. The number of rotatable bonds is 8. The minimum atomic E-state index is -0.591. The number of halogens is 1. The van der Waals surface area contributed by atoms with Gasteiger partial charge in [-0.3, -0.25) is 9.59 Å². The number of anilines is 1. The van der Waals surface area contributed by atoms with Crippen LogP contribution in [0.1, 0.15) is 48.9 Å². The highest BCUT2D eigenvalue weighted by Crippen LogP contribution is 2.47. The van der Waals surface area contributed by atoms with Crippen LogP contribution in [0, 0.1) is 5.82 Å². The normalized spacial score (nSPS) is 18.3. The summed E-state index contributed by atoms with van der Waals surface area (Å²) in [6.45, 7) is 4.79. The Kier molecular flexibility index (Phi) is 7.41. The van der Waals surface area contributed by atoms with Crippen molar-refractivity contribution in [1.82, 2.24) is 19.7 Å². The summed E-state index contributed by atoms with van der Waals surface area (Å²) >= 11 is 0. The highest BCUT2D eigenvalue weighted by Gasteiger charge is 2.30. The van der Waals surface area contributed by atoms with Gasteiger partial charge in [0.15, 0.2) is 17.3 Å². The zero-order valence-electron chi connectivity index (χ0n) is 26.0. The summed E-state index contributed by atoms with van der Waals surface area (Å²) in [4.78, 5) is 32.0. The molecule has 8 rings (SSSR count). The molecule has 9 nitrogen and oxygen atoms in total. The van der Waals surface area contributed by atoms with Gasteiger partial charge in [0.2, 0.25) is 5.43 Å². The molecule has 2 saturated heterocycles. The standard InChI is InChI=1S/C36H38FN5O4/c1-40-14-7-8-22(40)11-12-38-32-27(37)18-25-33-35(32)46-31-19-24-23-9-3-4-10-29(23)45-30(24)20-28(31)42(33)21-26(34(25)43)36(44)39-13-17-41-15-5-2-6-16-41/h3-4,9-10,18-22,38H,2,5-8,11-17H2,1H3,(H,39,44). The van der Waals surface area contributed by atoms with E-state index in [1.807, 2.05) is 36.4 Å². The van der Waals surface area contributed by atoms with Gasteiger partial charge in [0.25, 0.3) is 5.91 Å². The number of piperidine rings is 1. The zero-order valence-corrected chi connectivity index (χ0v) is 26.0. The number of benzene rings is 3. The predicted molar refractivity (Wildman–Crippen MR) is 178 cm³/mol. The number of nitrogens with zero attached hydrogens (tertiary/aromatic N) is 3. The van der Waals surface area contributed by atoms with Gasteiger partial charge in [0.05, 0.1) is 11.1 Å². The molecule has 2 N–H and O–H groups in total. The van der Waals surface area contributed by atoms with Crippen LogP contribution in [0.15, 0.2) is 57.9 Å². The molecule has 1 amide bonds. The lowest BCUT2D eigenvalue weighted by molar-refractivity contribution is 0.0945. The highest BCUT2D eigenvalue weighted by molar-refractivity contribution is 6.07. The molecule has 1 atom stereocenters. The Labute approximate surface area is 265 Å². The van der Waals surface area contributed by atoms with E-state index >= 15 is 4.39 Å². The van der Waals surface area contributed by atoms with Gasteiger partial charge >= 0.3 is 0 Å². The van der Waals surface area contributed by atoms with Gasteiger partial charge in [0.1, 0.15) is 27.9 Å². The molecule has 0 spiro atoms. The van der Waals surface area contributed by atoms with E-state index in [2.05, 4.69) is 27.5 Å². The van der Waals surface area contributed by atoms with Crippen LogP contribution in [-0.4, -0.2) is 72.6 Å². The lowest BCUT2D eigenvalue weighted by Gasteiger charge is -2.27. The van der Waals surface area contributed by atoms with Crippen LogP contribution >= 0.6 is 0 Å². The van der Waals surface area contributed by atoms with E-state index in [9.17, 15) is 9.59 Å². The van der Waals surface area contributed by atoms with Crippen molar-refractivity contribution < 1.29 is 18.3 Å². The van der Waals surface area contributed by atoms with Crippen molar-refractivity contribution >= 4 is 44.4 Å². The van der Waals surface area contributed by atoms with Crippen molar-refractivity contribution in [3.05, 3.63) is 70.3 Å². The summed E-state index contributed by atoms with van der Waals surface area (Å²) in [7, 11) is 2.12. The van der Waals surface area contributed by atoms with E-state index in [0.29, 0.717) is 41.7 Å². The first-order valence-corrected chi connectivity index (χ1v) is 16.5. The molecule has 2 aromatic heterocycles. The minimum Gasteiger partial charge on any atom is -0.456 e. The number of para-hydroxylation sites is 1. The van der Waals surface area contributed by atoms with Crippen molar-refractivity contribution in [2.24, 2.45) is 0 Å². The third-order valence-electron chi connectivity index (χ3n) is 9.98. The van der Waals surface area contributed by atoms with Crippen LogP contribution in [-0.2, 0) is 0 Å². The summed E-state index contributed by atoms with van der Waals surface area (Å²) in [6.07, 6.45) is 8.25. The maximum absolute atomic E-state index is 16.0. The molecular formula is C36H38FN5O4. The van der Waals surface area contributed by atoms with Gasteiger partial charge in [-0.2, -0.15) is 0 Å². The molecule has 0 saturated carbocycles. The number of likely N-dealkylation sites (tertiary alicyclic amines) is 2. The van der Waals surface area contributed by atoms with Crippen molar-refractivity contribution in [2.45, 2.75) is 44.6 Å². The molecule has 1 unspecified atom stereocenters. The van der Waals surface area contributed by atoms with Gasteiger partial charge in [-0.15, -0.1) is 0 Å². The van der Waals surface area contributed by atoms with Gasteiger partial charge in [-0.1, -0.05) is 24.6 Å². The topological polar surface area (TPSA) is 92.0 Å². The van der Waals surface area contributed by atoms with E-state index in [1.54, 1.807) is 10.8 Å². The van der Waals surface area contributed by atoms with Crippen LogP contribution in [0.25, 0.3) is 38.5 Å². The molecular weight excluding hydrogens is 585 g/mol. The Morgan fingerprint density at radius 2 is 1.83 bits per heavy atom. The van der Waals surface area contributed by atoms with Crippen LogP contribution in [0.5, 0.6) is 11.5 Å². The predicted octanol–water partition coefficient (Wildman–Crippen LogP) is 6.25. The average molecular weight is 624 g/mol. The highest BCUT2D eigenvalue weighted by atomic mass is 19.1. The number of fused-ring (bicyclic) bond motifs is 5. The minimum absolute atomic E-state index is 0.0426. The zero-order chi connectivity index (χ0) is 31.4. The largest absolute Gasteiger partial charge is 0.456 e. The third kappa shape index (κ3) is 5.00. The number of amides is 1. The first kappa shape index (κ1) is 29.0. The average Bonchev–Trinajstić information content (AvgIpc) is 3.65. The fourth-order valence-corrected chi connectivity index (χ4v) is 7.48. The fourth-order valence-electron chi connectivity index (χ4n) is 7.48. The van der Waals surface area contributed by atoms with Gasteiger partial charge in [-0.05, 0) is 77.0 Å².